The van der Waals surface area contributed by atoms with Crippen molar-refractivity contribution in [1.82, 2.24) is 0 Å². The van der Waals surface area contributed by atoms with Crippen molar-refractivity contribution in [3.63, 3.8) is 0 Å². The molecule has 2 aromatic carbocycles. The lowest BCUT2D eigenvalue weighted by atomic mass is 9.93. The summed E-state index contributed by atoms with van der Waals surface area (Å²) >= 11 is 0. The van der Waals surface area contributed by atoms with E-state index in [-0.39, 0.29) is 5.82 Å². The molecule has 0 fully saturated rings. The summed E-state index contributed by atoms with van der Waals surface area (Å²) in [5.41, 5.74) is 6.02. The zero-order valence-electron chi connectivity index (χ0n) is 10.9. The molecular weight excluding hydrogens is 223 g/mol. The van der Waals surface area contributed by atoms with Gasteiger partial charge in [0.25, 0.3) is 0 Å². The average Bonchev–Trinajstić information content (AvgIpc) is 2.32. The van der Waals surface area contributed by atoms with Crippen molar-refractivity contribution in [2.45, 2.75) is 20.8 Å². The molecule has 0 aliphatic heterocycles. The largest absolute Gasteiger partial charge is 0.207 e. The first-order valence-electron chi connectivity index (χ1n) is 5.95. The van der Waals surface area contributed by atoms with Crippen LogP contribution in [0.2, 0.25) is 0 Å². The standard InChI is InChI=1S/C17H16F/c1-5-15-12(3)8-11(2)9-16(15)14-6-7-17(18)13(4)10-14/h1,5-10H,2-4H3. The van der Waals surface area contributed by atoms with E-state index in [9.17, 15) is 4.39 Å². The summed E-state index contributed by atoms with van der Waals surface area (Å²) in [6.07, 6.45) is 1.61. The summed E-state index contributed by atoms with van der Waals surface area (Å²) in [4.78, 5) is 0. The minimum Gasteiger partial charge on any atom is -0.207 e. The first kappa shape index (κ1) is 12.6. The molecule has 0 N–H and O–H groups in total. The Labute approximate surface area is 108 Å². The van der Waals surface area contributed by atoms with Gasteiger partial charge in [-0.2, -0.15) is 0 Å². The van der Waals surface area contributed by atoms with Crippen molar-refractivity contribution >= 4 is 6.08 Å². The monoisotopic (exact) mass is 239 g/mol. The van der Waals surface area contributed by atoms with Crippen LogP contribution in [0.25, 0.3) is 17.2 Å². The molecule has 1 heteroatoms. The fourth-order valence-corrected chi connectivity index (χ4v) is 2.25. The molecule has 1 radical (unpaired) electrons. The zero-order chi connectivity index (χ0) is 13.3. The van der Waals surface area contributed by atoms with E-state index in [1.54, 1.807) is 19.1 Å². The lowest BCUT2D eigenvalue weighted by molar-refractivity contribution is 0.619. The van der Waals surface area contributed by atoms with Gasteiger partial charge in [0.05, 0.1) is 0 Å². The van der Waals surface area contributed by atoms with E-state index in [1.165, 1.54) is 11.6 Å². The van der Waals surface area contributed by atoms with Crippen molar-refractivity contribution in [3.05, 3.63) is 65.0 Å². The van der Waals surface area contributed by atoms with Gasteiger partial charge < -0.3 is 0 Å². The first-order valence-corrected chi connectivity index (χ1v) is 5.95. The molecular formula is C17H16F. The predicted octanol–water partition coefficient (Wildman–Crippen LogP) is 4.86. The van der Waals surface area contributed by atoms with Crippen molar-refractivity contribution in [3.8, 4) is 11.1 Å². The van der Waals surface area contributed by atoms with Crippen LogP contribution in [-0.4, -0.2) is 0 Å². The second-order valence-corrected chi connectivity index (χ2v) is 4.67. The summed E-state index contributed by atoms with van der Waals surface area (Å²) in [6.45, 7) is 11.6. The molecule has 0 unspecified atom stereocenters. The van der Waals surface area contributed by atoms with Gasteiger partial charge in [0, 0.05) is 0 Å². The predicted molar refractivity (Wildman–Crippen MR) is 74.8 cm³/mol. The minimum absolute atomic E-state index is 0.179. The maximum Gasteiger partial charge on any atom is 0.126 e. The molecule has 18 heavy (non-hydrogen) atoms. The Hall–Kier alpha value is -1.89. The minimum atomic E-state index is -0.179. The highest BCUT2D eigenvalue weighted by molar-refractivity contribution is 5.77. The van der Waals surface area contributed by atoms with Crippen LogP contribution in [0.1, 0.15) is 22.3 Å². The van der Waals surface area contributed by atoms with E-state index in [4.69, 9.17) is 6.58 Å². The molecule has 0 nitrogen and oxygen atoms in total. The van der Waals surface area contributed by atoms with Crippen LogP contribution < -0.4 is 0 Å². The molecule has 0 aliphatic rings. The number of rotatable bonds is 2. The number of halogens is 1. The molecule has 0 saturated heterocycles. The van der Waals surface area contributed by atoms with Crippen LogP contribution in [0.4, 0.5) is 4.39 Å². The van der Waals surface area contributed by atoms with E-state index in [2.05, 4.69) is 12.1 Å². The van der Waals surface area contributed by atoms with Gasteiger partial charge in [0.15, 0.2) is 0 Å². The lowest BCUT2D eigenvalue weighted by Crippen LogP contribution is -1.91. The Morgan fingerprint density at radius 2 is 1.72 bits per heavy atom. The molecule has 0 aliphatic carbocycles. The highest BCUT2D eigenvalue weighted by Gasteiger charge is 2.08. The summed E-state index contributed by atoms with van der Waals surface area (Å²) in [5, 5.41) is 0. The van der Waals surface area contributed by atoms with E-state index in [0.717, 1.165) is 22.3 Å². The SMILES string of the molecule is [CH]=Cc1c(C)cc(C)cc1-c1ccc(F)c(C)c1. The van der Waals surface area contributed by atoms with Crippen molar-refractivity contribution in [2.75, 3.05) is 0 Å². The van der Waals surface area contributed by atoms with Crippen molar-refractivity contribution in [1.29, 1.82) is 0 Å². The maximum atomic E-state index is 13.3. The van der Waals surface area contributed by atoms with Crippen LogP contribution in [0.5, 0.6) is 0 Å². The van der Waals surface area contributed by atoms with E-state index in [0.29, 0.717) is 5.56 Å². The Bertz CT molecular complexity index is 609. The van der Waals surface area contributed by atoms with Crippen molar-refractivity contribution < 1.29 is 4.39 Å². The smallest absolute Gasteiger partial charge is 0.126 e. The highest BCUT2D eigenvalue weighted by atomic mass is 19.1. The third-order valence-corrected chi connectivity index (χ3v) is 3.17. The normalized spacial score (nSPS) is 10.4. The van der Waals surface area contributed by atoms with Gasteiger partial charge in [-0.1, -0.05) is 36.4 Å². The van der Waals surface area contributed by atoms with E-state index in [1.807, 2.05) is 19.9 Å². The average molecular weight is 239 g/mol. The Morgan fingerprint density at radius 1 is 1.00 bits per heavy atom. The van der Waals surface area contributed by atoms with Crippen LogP contribution in [0.15, 0.2) is 30.3 Å². The lowest BCUT2D eigenvalue weighted by Gasteiger charge is -2.12. The number of aryl methyl sites for hydroxylation is 3. The molecule has 0 heterocycles. The molecule has 0 saturated carbocycles. The third kappa shape index (κ3) is 2.21. The van der Waals surface area contributed by atoms with Crippen LogP contribution in [-0.2, 0) is 0 Å². The van der Waals surface area contributed by atoms with Gasteiger partial charge in [0.1, 0.15) is 5.82 Å². The zero-order valence-corrected chi connectivity index (χ0v) is 10.9. The second kappa shape index (κ2) is 4.77. The quantitative estimate of drug-likeness (QED) is 0.701. The molecule has 0 bridgehead atoms. The summed E-state index contributed by atoms with van der Waals surface area (Å²) < 4.78 is 13.3. The fraction of sp³-hybridized carbons (Fsp3) is 0.176. The van der Waals surface area contributed by atoms with Gasteiger partial charge in [-0.3, -0.25) is 0 Å². The molecule has 0 amide bonds. The Kier molecular flexibility index (Phi) is 3.33. The van der Waals surface area contributed by atoms with Crippen molar-refractivity contribution in [2.24, 2.45) is 0 Å². The second-order valence-electron chi connectivity index (χ2n) is 4.67. The molecule has 2 rings (SSSR count). The highest BCUT2D eigenvalue weighted by Crippen LogP contribution is 2.29. The molecule has 0 spiro atoms. The first-order chi connectivity index (χ1) is 8.52. The van der Waals surface area contributed by atoms with Crippen LogP contribution in [0.3, 0.4) is 0 Å². The van der Waals surface area contributed by atoms with Gasteiger partial charge in [-0.25, -0.2) is 4.39 Å². The fourth-order valence-electron chi connectivity index (χ4n) is 2.25. The molecule has 0 atom stereocenters. The Balaban J connectivity index is 2.69. The van der Waals surface area contributed by atoms with Crippen LogP contribution in [0, 0.1) is 33.2 Å². The summed E-state index contributed by atoms with van der Waals surface area (Å²) in [5.74, 6) is -0.179. The number of hydrogen-bond acceptors (Lipinski definition) is 0. The Morgan fingerprint density at radius 3 is 2.33 bits per heavy atom. The number of benzene rings is 2. The van der Waals surface area contributed by atoms with E-state index >= 15 is 0 Å². The third-order valence-electron chi connectivity index (χ3n) is 3.17. The van der Waals surface area contributed by atoms with Gasteiger partial charge in [-0.15, -0.1) is 0 Å². The topological polar surface area (TPSA) is 0 Å². The van der Waals surface area contributed by atoms with Gasteiger partial charge in [0.2, 0.25) is 0 Å². The maximum absolute atomic E-state index is 13.3. The molecule has 0 aromatic heterocycles. The summed E-state index contributed by atoms with van der Waals surface area (Å²) in [6, 6.07) is 9.33. The molecule has 2 aromatic rings. The number of hydrogen-bond donors (Lipinski definition) is 0. The van der Waals surface area contributed by atoms with Crippen LogP contribution >= 0.6 is 0 Å². The van der Waals surface area contributed by atoms with Gasteiger partial charge >= 0.3 is 0 Å². The molecule has 91 valence electrons. The van der Waals surface area contributed by atoms with E-state index < -0.39 is 0 Å². The summed E-state index contributed by atoms with van der Waals surface area (Å²) in [7, 11) is 0. The van der Waals surface area contributed by atoms with Gasteiger partial charge in [-0.05, 0) is 60.7 Å².